The molecule has 390 valence electrons. The summed E-state index contributed by atoms with van der Waals surface area (Å²) in [5.74, 6) is -0.931. The van der Waals surface area contributed by atoms with E-state index in [2.05, 4.69) is 106 Å². The van der Waals surface area contributed by atoms with E-state index in [-0.39, 0.29) is 31.1 Å². The van der Waals surface area contributed by atoms with Crippen LogP contribution in [0, 0.1) is 0 Å². The van der Waals surface area contributed by atoms with Crippen LogP contribution in [0.4, 0.5) is 0 Å². The van der Waals surface area contributed by atoms with E-state index < -0.39 is 6.10 Å². The zero-order valence-electron chi connectivity index (χ0n) is 44.6. The molecule has 0 aliphatic rings. The molecule has 0 saturated carbocycles. The van der Waals surface area contributed by atoms with Crippen molar-refractivity contribution in [3.63, 3.8) is 0 Å². The third-order valence-corrected chi connectivity index (χ3v) is 12.1. The number of carbonyl (C=O) groups excluding carboxylic acids is 3. The van der Waals surface area contributed by atoms with E-state index in [0.29, 0.717) is 19.3 Å². The van der Waals surface area contributed by atoms with Gasteiger partial charge in [0.1, 0.15) is 13.2 Å². The fraction of sp³-hybridized carbons (Fsp3) is 0.726. The first-order valence-electron chi connectivity index (χ1n) is 28.6. The average Bonchev–Trinajstić information content (AvgIpc) is 3.34. The van der Waals surface area contributed by atoms with E-state index in [1.165, 1.54) is 109 Å². The van der Waals surface area contributed by atoms with Crippen LogP contribution in [0.5, 0.6) is 0 Å². The van der Waals surface area contributed by atoms with Crippen molar-refractivity contribution in [2.75, 3.05) is 13.2 Å². The van der Waals surface area contributed by atoms with Crippen LogP contribution < -0.4 is 0 Å². The van der Waals surface area contributed by atoms with E-state index in [0.717, 1.165) is 122 Å². The maximum Gasteiger partial charge on any atom is 0.306 e. The highest BCUT2D eigenvalue weighted by Gasteiger charge is 2.19. The minimum absolute atomic E-state index is 0.0930. The summed E-state index contributed by atoms with van der Waals surface area (Å²) in [4.78, 5) is 38.1. The molecule has 0 heterocycles. The lowest BCUT2D eigenvalue weighted by Gasteiger charge is -2.18. The Bertz CT molecular complexity index is 1320. The fourth-order valence-corrected chi connectivity index (χ4v) is 7.84. The Balaban J connectivity index is 4.44. The molecule has 6 heteroatoms. The van der Waals surface area contributed by atoms with Gasteiger partial charge in [0.15, 0.2) is 6.10 Å². The fourth-order valence-electron chi connectivity index (χ4n) is 7.84. The molecule has 0 saturated heterocycles. The molecule has 0 aromatic heterocycles. The van der Waals surface area contributed by atoms with Gasteiger partial charge < -0.3 is 14.2 Å². The van der Waals surface area contributed by atoms with Gasteiger partial charge in [-0.25, -0.2) is 0 Å². The Morgan fingerprint density at radius 2 is 0.588 bits per heavy atom. The number of unbranched alkanes of at least 4 members (excludes halogenated alkanes) is 26. The molecule has 0 amide bonds. The lowest BCUT2D eigenvalue weighted by atomic mass is 10.0. The second-order valence-electron chi connectivity index (χ2n) is 18.8. The molecular formula is C62H106O6. The summed E-state index contributed by atoms with van der Waals surface area (Å²) in [6.45, 7) is 6.46. The number of hydrogen-bond acceptors (Lipinski definition) is 6. The molecule has 0 spiro atoms. The van der Waals surface area contributed by atoms with Gasteiger partial charge in [0.25, 0.3) is 0 Å². The average molecular weight is 948 g/mol. The van der Waals surface area contributed by atoms with Gasteiger partial charge in [-0.2, -0.15) is 0 Å². The molecule has 1 atom stereocenters. The molecule has 0 N–H and O–H groups in total. The van der Waals surface area contributed by atoms with Gasteiger partial charge in [-0.3, -0.25) is 14.4 Å². The molecule has 0 aliphatic carbocycles. The molecule has 0 radical (unpaired) electrons. The number of carbonyl (C=O) groups is 3. The van der Waals surface area contributed by atoms with Gasteiger partial charge >= 0.3 is 17.9 Å². The summed E-state index contributed by atoms with van der Waals surface area (Å²) in [5.41, 5.74) is 0. The summed E-state index contributed by atoms with van der Waals surface area (Å²) in [6.07, 6.45) is 72.8. The Kier molecular flexibility index (Phi) is 53.4. The molecule has 0 rings (SSSR count). The van der Waals surface area contributed by atoms with E-state index in [9.17, 15) is 14.4 Å². The molecule has 0 bridgehead atoms. The Morgan fingerprint density at radius 1 is 0.309 bits per heavy atom. The minimum Gasteiger partial charge on any atom is -0.462 e. The largest absolute Gasteiger partial charge is 0.462 e. The van der Waals surface area contributed by atoms with Crippen LogP contribution in [0.3, 0.4) is 0 Å². The molecule has 0 aromatic carbocycles. The third kappa shape index (κ3) is 53.5. The normalized spacial score (nSPS) is 12.7. The number of ether oxygens (including phenoxy) is 3. The monoisotopic (exact) mass is 947 g/mol. The maximum absolute atomic E-state index is 12.9. The SMILES string of the molecule is CC/C=C\C/C=C\C/C=C\C/C=C\C/C=C\CCCCCC(=O)OC[C@@H](COC(=O)CCCCCCC/C=C\C/C=C\CCCC)OC(=O)CCCCCCCCCCCCCCCCCCC. The molecular weight excluding hydrogens is 841 g/mol. The zero-order valence-corrected chi connectivity index (χ0v) is 44.6. The van der Waals surface area contributed by atoms with Crippen LogP contribution in [0.1, 0.15) is 271 Å². The van der Waals surface area contributed by atoms with E-state index in [1.54, 1.807) is 0 Å². The van der Waals surface area contributed by atoms with E-state index in [1.807, 2.05) is 0 Å². The predicted molar refractivity (Wildman–Crippen MR) is 293 cm³/mol. The smallest absolute Gasteiger partial charge is 0.306 e. The minimum atomic E-state index is -0.795. The van der Waals surface area contributed by atoms with Crippen molar-refractivity contribution < 1.29 is 28.6 Å². The summed E-state index contributed by atoms with van der Waals surface area (Å²) >= 11 is 0. The van der Waals surface area contributed by atoms with Crippen molar-refractivity contribution in [2.24, 2.45) is 0 Å². The van der Waals surface area contributed by atoms with Crippen LogP contribution in [0.15, 0.2) is 85.1 Å². The lowest BCUT2D eigenvalue weighted by molar-refractivity contribution is -0.167. The third-order valence-electron chi connectivity index (χ3n) is 12.1. The van der Waals surface area contributed by atoms with Crippen molar-refractivity contribution in [3.8, 4) is 0 Å². The van der Waals surface area contributed by atoms with Crippen LogP contribution in [0.2, 0.25) is 0 Å². The summed E-state index contributed by atoms with van der Waals surface area (Å²) in [7, 11) is 0. The highest BCUT2D eigenvalue weighted by molar-refractivity contribution is 5.71. The quantitative estimate of drug-likeness (QED) is 0.0262. The van der Waals surface area contributed by atoms with Gasteiger partial charge in [0.2, 0.25) is 0 Å². The standard InChI is InChI=1S/C62H106O6/c1-4-7-10-13-16-19-22-25-28-30-31-33-34-37-40-43-46-49-52-55-61(64)67-58-59(57-66-60(63)54-51-48-45-42-39-36-27-24-21-18-15-12-9-6-3)68-62(65)56-53-50-47-44-41-38-35-32-29-26-23-20-17-14-11-8-5-2/h7,10,15-16,18-19,24-25,27-28,31,33,37,40,59H,4-6,8-9,11-14,17,20-23,26,29-30,32,34-36,38-39,41-58H2,1-3H3/b10-7-,18-15-,19-16-,27-24-,28-25-,33-31-,40-37-/t59-/m1/s1. The Hall–Kier alpha value is -3.41. The summed E-state index contributed by atoms with van der Waals surface area (Å²) in [5, 5.41) is 0. The van der Waals surface area contributed by atoms with Crippen molar-refractivity contribution in [1.82, 2.24) is 0 Å². The van der Waals surface area contributed by atoms with Crippen LogP contribution in [-0.4, -0.2) is 37.2 Å². The highest BCUT2D eigenvalue weighted by Crippen LogP contribution is 2.16. The van der Waals surface area contributed by atoms with Crippen LogP contribution in [-0.2, 0) is 28.6 Å². The predicted octanol–water partition coefficient (Wildman–Crippen LogP) is 19.2. The zero-order chi connectivity index (χ0) is 49.3. The number of allylic oxidation sites excluding steroid dienone is 14. The molecule has 0 fully saturated rings. The summed E-state index contributed by atoms with van der Waals surface area (Å²) in [6, 6.07) is 0. The van der Waals surface area contributed by atoms with Crippen LogP contribution >= 0.6 is 0 Å². The van der Waals surface area contributed by atoms with Crippen molar-refractivity contribution >= 4 is 17.9 Å². The first kappa shape index (κ1) is 64.6. The maximum atomic E-state index is 12.9. The first-order valence-corrected chi connectivity index (χ1v) is 28.6. The van der Waals surface area contributed by atoms with Gasteiger partial charge in [-0.15, -0.1) is 0 Å². The van der Waals surface area contributed by atoms with Crippen molar-refractivity contribution in [1.29, 1.82) is 0 Å². The summed E-state index contributed by atoms with van der Waals surface area (Å²) < 4.78 is 16.8. The number of hydrogen-bond donors (Lipinski definition) is 0. The van der Waals surface area contributed by atoms with Crippen LogP contribution in [0.25, 0.3) is 0 Å². The number of esters is 3. The van der Waals surface area contributed by atoms with E-state index >= 15 is 0 Å². The lowest BCUT2D eigenvalue weighted by Crippen LogP contribution is -2.30. The molecule has 68 heavy (non-hydrogen) atoms. The number of rotatable bonds is 51. The molecule has 0 aliphatic heterocycles. The Labute approximate surface area is 420 Å². The molecule has 0 unspecified atom stereocenters. The molecule has 6 nitrogen and oxygen atoms in total. The highest BCUT2D eigenvalue weighted by atomic mass is 16.6. The van der Waals surface area contributed by atoms with Crippen molar-refractivity contribution in [3.05, 3.63) is 85.1 Å². The molecule has 0 aromatic rings. The van der Waals surface area contributed by atoms with Gasteiger partial charge in [-0.1, -0.05) is 247 Å². The van der Waals surface area contributed by atoms with Gasteiger partial charge in [0.05, 0.1) is 0 Å². The van der Waals surface area contributed by atoms with E-state index in [4.69, 9.17) is 14.2 Å². The van der Waals surface area contributed by atoms with Gasteiger partial charge in [-0.05, 0) is 89.9 Å². The topological polar surface area (TPSA) is 78.9 Å². The van der Waals surface area contributed by atoms with Gasteiger partial charge in [0, 0.05) is 19.3 Å². The first-order chi connectivity index (χ1) is 33.5. The second-order valence-corrected chi connectivity index (χ2v) is 18.8. The Morgan fingerprint density at radius 3 is 0.956 bits per heavy atom. The second kappa shape index (κ2) is 56.2. The van der Waals surface area contributed by atoms with Crippen molar-refractivity contribution in [2.45, 2.75) is 277 Å².